The maximum absolute atomic E-state index is 13.0. The van der Waals surface area contributed by atoms with Gasteiger partial charge in [-0.25, -0.2) is 0 Å². The van der Waals surface area contributed by atoms with Gasteiger partial charge >= 0.3 is 0 Å². The lowest BCUT2D eigenvalue weighted by Crippen LogP contribution is -2.44. The fourth-order valence-electron chi connectivity index (χ4n) is 3.95. The van der Waals surface area contributed by atoms with Crippen molar-refractivity contribution in [1.82, 2.24) is 15.0 Å². The molecule has 146 valence electrons. The van der Waals surface area contributed by atoms with Crippen molar-refractivity contribution in [3.05, 3.63) is 39.9 Å². The molecule has 2 aromatic heterocycles. The lowest BCUT2D eigenvalue weighted by Gasteiger charge is -2.35. The Kier molecular flexibility index (Phi) is 6.21. The van der Waals surface area contributed by atoms with Gasteiger partial charge in [0, 0.05) is 36.6 Å². The summed E-state index contributed by atoms with van der Waals surface area (Å²) in [6.07, 6.45) is 5.40. The van der Waals surface area contributed by atoms with E-state index in [0.717, 1.165) is 64.3 Å². The second-order valence-corrected chi connectivity index (χ2v) is 8.37. The van der Waals surface area contributed by atoms with E-state index < -0.39 is 0 Å². The topological polar surface area (TPSA) is 58.8 Å². The molecule has 2 aromatic rings. The summed E-state index contributed by atoms with van der Waals surface area (Å²) in [4.78, 5) is 18.7. The predicted molar refractivity (Wildman–Crippen MR) is 104 cm³/mol. The first kappa shape index (κ1) is 18.7. The van der Waals surface area contributed by atoms with Crippen LogP contribution in [0.2, 0.25) is 0 Å². The molecule has 0 saturated carbocycles. The van der Waals surface area contributed by atoms with Gasteiger partial charge in [0.2, 0.25) is 0 Å². The minimum atomic E-state index is 0.0165. The van der Waals surface area contributed by atoms with E-state index in [1.807, 2.05) is 11.0 Å². The Bertz CT molecular complexity index is 725. The van der Waals surface area contributed by atoms with E-state index in [1.165, 1.54) is 11.3 Å². The number of morpholine rings is 1. The molecule has 0 aromatic carbocycles. The van der Waals surface area contributed by atoms with Crippen molar-refractivity contribution >= 4 is 17.2 Å². The Morgan fingerprint density at radius 3 is 2.96 bits per heavy atom. The van der Waals surface area contributed by atoms with Crippen molar-refractivity contribution in [2.75, 3.05) is 32.8 Å². The molecule has 2 aliphatic heterocycles. The molecule has 0 aliphatic carbocycles. The summed E-state index contributed by atoms with van der Waals surface area (Å²) in [6.45, 7) is 4.78. The van der Waals surface area contributed by atoms with Crippen LogP contribution in [0, 0.1) is 0 Å². The predicted octanol–water partition coefficient (Wildman–Crippen LogP) is 3.20. The molecule has 0 spiro atoms. The summed E-state index contributed by atoms with van der Waals surface area (Å²) in [5, 5.41) is 6.19. The molecule has 27 heavy (non-hydrogen) atoms. The Hall–Kier alpha value is -1.70. The third kappa shape index (κ3) is 4.78. The average Bonchev–Trinajstić information content (AvgIpc) is 3.39. The molecule has 4 rings (SSSR count). The largest absolute Gasteiger partial charge is 0.379 e. The molecule has 0 N–H and O–H groups in total. The maximum atomic E-state index is 13.0. The van der Waals surface area contributed by atoms with Crippen LogP contribution in [0.15, 0.2) is 28.1 Å². The third-order valence-corrected chi connectivity index (χ3v) is 6.39. The molecule has 1 amide bonds. The van der Waals surface area contributed by atoms with Crippen molar-refractivity contribution in [3.63, 3.8) is 0 Å². The van der Waals surface area contributed by atoms with Gasteiger partial charge < -0.3 is 14.2 Å². The number of hydrogen-bond donors (Lipinski definition) is 0. The van der Waals surface area contributed by atoms with Gasteiger partial charge in [-0.3, -0.25) is 9.69 Å². The normalized spacial score (nSPS) is 21.5. The number of amides is 1. The Morgan fingerprint density at radius 2 is 2.15 bits per heavy atom. The SMILES string of the molecule is O=C(c1cc(CN2CCOCC2)on1)N1CCCC[C@H]1CCc1cccs1. The number of aromatic nitrogens is 1. The molecule has 0 unspecified atom stereocenters. The van der Waals surface area contributed by atoms with E-state index in [0.29, 0.717) is 18.3 Å². The maximum Gasteiger partial charge on any atom is 0.276 e. The van der Waals surface area contributed by atoms with E-state index in [4.69, 9.17) is 9.26 Å². The van der Waals surface area contributed by atoms with Gasteiger partial charge in [0.1, 0.15) is 0 Å². The van der Waals surface area contributed by atoms with E-state index in [-0.39, 0.29) is 5.91 Å². The number of thiophene rings is 1. The van der Waals surface area contributed by atoms with Gasteiger partial charge in [-0.2, -0.15) is 0 Å². The van der Waals surface area contributed by atoms with E-state index in [9.17, 15) is 4.79 Å². The highest BCUT2D eigenvalue weighted by Crippen LogP contribution is 2.24. The second-order valence-electron chi connectivity index (χ2n) is 7.33. The molecule has 0 radical (unpaired) electrons. The minimum absolute atomic E-state index is 0.0165. The Labute approximate surface area is 164 Å². The standard InChI is InChI=1S/C20H27N3O3S/c24-20(19-14-17(26-21-19)15-22-9-11-25-12-10-22)23-8-2-1-4-16(23)6-7-18-5-3-13-27-18/h3,5,13-14,16H,1-2,4,6-12,15H2/t16-/m0/s1. The number of nitrogens with zero attached hydrogens (tertiary/aromatic N) is 3. The highest BCUT2D eigenvalue weighted by atomic mass is 32.1. The molecular formula is C20H27N3O3S. The van der Waals surface area contributed by atoms with Crippen LogP contribution < -0.4 is 0 Å². The zero-order valence-corrected chi connectivity index (χ0v) is 16.5. The van der Waals surface area contributed by atoms with Crippen LogP contribution in [0.25, 0.3) is 0 Å². The minimum Gasteiger partial charge on any atom is -0.379 e. The monoisotopic (exact) mass is 389 g/mol. The van der Waals surface area contributed by atoms with Crippen LogP contribution in [-0.4, -0.2) is 59.8 Å². The summed E-state index contributed by atoms with van der Waals surface area (Å²) in [5.41, 5.74) is 0.446. The van der Waals surface area contributed by atoms with Crippen LogP contribution in [0.4, 0.5) is 0 Å². The van der Waals surface area contributed by atoms with Crippen molar-refractivity contribution in [1.29, 1.82) is 0 Å². The van der Waals surface area contributed by atoms with Crippen LogP contribution in [0.5, 0.6) is 0 Å². The van der Waals surface area contributed by atoms with Crippen LogP contribution in [0.3, 0.4) is 0 Å². The summed E-state index contributed by atoms with van der Waals surface area (Å²) >= 11 is 1.79. The van der Waals surface area contributed by atoms with Crippen molar-refractivity contribution in [2.45, 2.75) is 44.7 Å². The number of piperidine rings is 1. The van der Waals surface area contributed by atoms with Gasteiger partial charge in [-0.05, 0) is 43.6 Å². The van der Waals surface area contributed by atoms with Gasteiger partial charge in [-0.1, -0.05) is 11.2 Å². The first-order valence-electron chi connectivity index (χ1n) is 9.88. The fourth-order valence-corrected chi connectivity index (χ4v) is 4.67. The Morgan fingerprint density at radius 1 is 1.26 bits per heavy atom. The third-order valence-electron chi connectivity index (χ3n) is 5.45. The van der Waals surface area contributed by atoms with E-state index >= 15 is 0 Å². The summed E-state index contributed by atoms with van der Waals surface area (Å²) in [5.74, 6) is 0.773. The van der Waals surface area contributed by atoms with Crippen LogP contribution >= 0.6 is 11.3 Å². The molecule has 2 aliphatic rings. The molecule has 0 bridgehead atoms. The number of carbonyl (C=O) groups is 1. The fraction of sp³-hybridized carbons (Fsp3) is 0.600. The second kappa shape index (κ2) is 8.99. The molecule has 4 heterocycles. The lowest BCUT2D eigenvalue weighted by atomic mass is 9.97. The quantitative estimate of drug-likeness (QED) is 0.759. The summed E-state index contributed by atoms with van der Waals surface area (Å²) in [7, 11) is 0. The number of likely N-dealkylation sites (tertiary alicyclic amines) is 1. The molecule has 7 heteroatoms. The molecule has 1 atom stereocenters. The molecular weight excluding hydrogens is 362 g/mol. The summed E-state index contributed by atoms with van der Waals surface area (Å²) < 4.78 is 10.8. The number of hydrogen-bond acceptors (Lipinski definition) is 6. The first-order chi connectivity index (χ1) is 13.3. The van der Waals surface area contributed by atoms with Crippen molar-refractivity contribution < 1.29 is 14.1 Å². The summed E-state index contributed by atoms with van der Waals surface area (Å²) in [6, 6.07) is 6.39. The number of ether oxygens (including phenoxy) is 1. The number of carbonyl (C=O) groups excluding carboxylic acids is 1. The lowest BCUT2D eigenvalue weighted by molar-refractivity contribution is 0.0305. The Balaban J connectivity index is 1.37. The molecule has 6 nitrogen and oxygen atoms in total. The molecule has 2 fully saturated rings. The van der Waals surface area contributed by atoms with Gasteiger partial charge in [0.15, 0.2) is 11.5 Å². The van der Waals surface area contributed by atoms with Crippen molar-refractivity contribution in [3.8, 4) is 0 Å². The van der Waals surface area contributed by atoms with Crippen LogP contribution in [0.1, 0.15) is 46.8 Å². The van der Waals surface area contributed by atoms with Gasteiger partial charge in [0.25, 0.3) is 5.91 Å². The highest BCUT2D eigenvalue weighted by molar-refractivity contribution is 7.09. The van der Waals surface area contributed by atoms with E-state index in [1.54, 1.807) is 11.3 Å². The zero-order valence-electron chi connectivity index (χ0n) is 15.6. The van der Waals surface area contributed by atoms with Crippen molar-refractivity contribution in [2.24, 2.45) is 0 Å². The first-order valence-corrected chi connectivity index (χ1v) is 10.8. The smallest absolute Gasteiger partial charge is 0.276 e. The van der Waals surface area contributed by atoms with Gasteiger partial charge in [-0.15, -0.1) is 11.3 Å². The van der Waals surface area contributed by atoms with E-state index in [2.05, 4.69) is 27.6 Å². The average molecular weight is 390 g/mol. The van der Waals surface area contributed by atoms with Crippen LogP contribution in [-0.2, 0) is 17.7 Å². The number of rotatable bonds is 6. The highest BCUT2D eigenvalue weighted by Gasteiger charge is 2.29. The van der Waals surface area contributed by atoms with Gasteiger partial charge in [0.05, 0.1) is 19.8 Å². The zero-order chi connectivity index (χ0) is 18.5. The molecule has 2 saturated heterocycles. The number of aryl methyl sites for hydroxylation is 1.